The van der Waals surface area contributed by atoms with Gasteiger partial charge in [0.2, 0.25) is 0 Å². The molecule has 2 saturated carbocycles. The second-order valence-corrected chi connectivity index (χ2v) is 6.82. The highest BCUT2D eigenvalue weighted by Crippen LogP contribution is 2.52. The molecule has 0 bridgehead atoms. The highest BCUT2D eigenvalue weighted by Gasteiger charge is 2.52. The molecule has 3 heteroatoms. The Hall–Kier alpha value is -0.120. The molecule has 0 aromatic carbocycles. The molecule has 0 aliphatic heterocycles. The maximum atomic E-state index is 11.2. The molecule has 0 saturated heterocycles. The van der Waals surface area contributed by atoms with Gasteiger partial charge in [-0.3, -0.25) is 0 Å². The first kappa shape index (κ1) is 15.3. The lowest BCUT2D eigenvalue weighted by Gasteiger charge is -2.53. The van der Waals surface area contributed by atoms with Crippen LogP contribution in [0.15, 0.2) is 0 Å². The number of aliphatic hydroxyl groups is 1. The highest BCUT2D eigenvalue weighted by molar-refractivity contribution is 5.04. The molecular formula is C16H31NO2. The Labute approximate surface area is 117 Å². The molecule has 3 nitrogen and oxygen atoms in total. The maximum Gasteiger partial charge on any atom is 0.0740 e. The minimum Gasteiger partial charge on any atom is -0.389 e. The fraction of sp³-hybridized carbons (Fsp3) is 1.00. The number of hydrogen-bond acceptors (Lipinski definition) is 3. The zero-order chi connectivity index (χ0) is 13.9. The van der Waals surface area contributed by atoms with E-state index >= 15 is 0 Å². The molecular weight excluding hydrogens is 238 g/mol. The number of methoxy groups -OCH3 is 1. The van der Waals surface area contributed by atoms with Crippen molar-refractivity contribution in [2.75, 3.05) is 13.7 Å². The summed E-state index contributed by atoms with van der Waals surface area (Å²) in [6.07, 6.45) is 9.94. The maximum absolute atomic E-state index is 11.2. The van der Waals surface area contributed by atoms with Gasteiger partial charge in [-0.05, 0) is 50.9 Å². The smallest absolute Gasteiger partial charge is 0.0740 e. The standard InChI is InChI=1S/C16H31NO2/c1-3-13-6-9-15(12-17,10-7-13)16(18)8-4-5-14(11-16)19-2/h13-14,18H,3-12,17H2,1-2H3. The average molecular weight is 269 g/mol. The largest absolute Gasteiger partial charge is 0.389 e. The predicted octanol–water partition coefficient (Wildman–Crippen LogP) is 2.85. The van der Waals surface area contributed by atoms with Gasteiger partial charge >= 0.3 is 0 Å². The Bertz CT molecular complexity index is 286. The number of nitrogens with two attached hydrogens (primary N) is 1. The zero-order valence-corrected chi connectivity index (χ0v) is 12.7. The third kappa shape index (κ3) is 2.84. The van der Waals surface area contributed by atoms with Gasteiger partial charge in [-0.25, -0.2) is 0 Å². The van der Waals surface area contributed by atoms with Crippen LogP contribution in [0.2, 0.25) is 0 Å². The molecule has 2 fully saturated rings. The first-order chi connectivity index (χ1) is 9.09. The van der Waals surface area contributed by atoms with Crippen LogP contribution in [0.25, 0.3) is 0 Å². The van der Waals surface area contributed by atoms with Gasteiger partial charge in [-0.15, -0.1) is 0 Å². The van der Waals surface area contributed by atoms with Crippen LogP contribution in [0.4, 0.5) is 0 Å². The van der Waals surface area contributed by atoms with Crippen LogP contribution in [0.3, 0.4) is 0 Å². The van der Waals surface area contributed by atoms with Crippen LogP contribution in [0, 0.1) is 11.3 Å². The molecule has 2 aliphatic carbocycles. The molecule has 0 amide bonds. The van der Waals surface area contributed by atoms with Crippen molar-refractivity contribution in [3.63, 3.8) is 0 Å². The van der Waals surface area contributed by atoms with Crippen molar-refractivity contribution < 1.29 is 9.84 Å². The lowest BCUT2D eigenvalue weighted by molar-refractivity contribution is -0.152. The van der Waals surface area contributed by atoms with Crippen molar-refractivity contribution >= 4 is 0 Å². The molecule has 0 heterocycles. The molecule has 0 spiro atoms. The fourth-order valence-corrected chi connectivity index (χ4v) is 4.38. The van der Waals surface area contributed by atoms with Gasteiger partial charge in [0, 0.05) is 25.5 Å². The Kier molecular flexibility index (Phi) is 4.91. The summed E-state index contributed by atoms with van der Waals surface area (Å²) < 4.78 is 5.51. The summed E-state index contributed by atoms with van der Waals surface area (Å²) in [4.78, 5) is 0. The third-order valence-electron chi connectivity index (χ3n) is 6.03. The quantitative estimate of drug-likeness (QED) is 0.825. The van der Waals surface area contributed by atoms with E-state index in [2.05, 4.69) is 6.92 Å². The van der Waals surface area contributed by atoms with E-state index in [1.54, 1.807) is 7.11 Å². The molecule has 2 aliphatic rings. The summed E-state index contributed by atoms with van der Waals surface area (Å²) in [5.41, 5.74) is 5.47. The van der Waals surface area contributed by atoms with Crippen molar-refractivity contribution in [2.24, 2.45) is 17.1 Å². The summed E-state index contributed by atoms with van der Waals surface area (Å²) in [6.45, 7) is 2.90. The summed E-state index contributed by atoms with van der Waals surface area (Å²) in [5, 5.41) is 11.2. The number of rotatable bonds is 4. The van der Waals surface area contributed by atoms with Gasteiger partial charge in [0.1, 0.15) is 0 Å². The van der Waals surface area contributed by atoms with Crippen LogP contribution in [0.1, 0.15) is 64.7 Å². The molecule has 0 radical (unpaired) electrons. The molecule has 112 valence electrons. The zero-order valence-electron chi connectivity index (χ0n) is 12.7. The molecule has 2 unspecified atom stereocenters. The van der Waals surface area contributed by atoms with E-state index in [0.29, 0.717) is 6.54 Å². The monoisotopic (exact) mass is 269 g/mol. The topological polar surface area (TPSA) is 55.5 Å². The Morgan fingerprint density at radius 3 is 2.42 bits per heavy atom. The van der Waals surface area contributed by atoms with E-state index in [-0.39, 0.29) is 11.5 Å². The third-order valence-corrected chi connectivity index (χ3v) is 6.03. The SMILES string of the molecule is CCC1CCC(CN)(C2(O)CCCC(OC)C2)CC1. The van der Waals surface area contributed by atoms with E-state index in [1.807, 2.05) is 0 Å². The second kappa shape index (κ2) is 6.11. The number of ether oxygens (including phenoxy) is 1. The van der Waals surface area contributed by atoms with Gasteiger partial charge in [0.15, 0.2) is 0 Å². The van der Waals surface area contributed by atoms with Crippen molar-refractivity contribution in [1.82, 2.24) is 0 Å². The van der Waals surface area contributed by atoms with E-state index < -0.39 is 5.60 Å². The first-order valence-corrected chi connectivity index (χ1v) is 8.04. The normalized spacial score (nSPS) is 44.2. The van der Waals surface area contributed by atoms with Crippen LogP contribution < -0.4 is 5.73 Å². The average Bonchev–Trinajstić information content (AvgIpc) is 2.47. The minimum atomic E-state index is -0.598. The predicted molar refractivity (Wildman–Crippen MR) is 78.0 cm³/mol. The summed E-state index contributed by atoms with van der Waals surface area (Å²) >= 11 is 0. The summed E-state index contributed by atoms with van der Waals surface area (Å²) in [6, 6.07) is 0. The van der Waals surface area contributed by atoms with Crippen LogP contribution in [-0.2, 0) is 4.74 Å². The molecule has 0 aromatic heterocycles. The van der Waals surface area contributed by atoms with E-state index in [4.69, 9.17) is 10.5 Å². The van der Waals surface area contributed by atoms with Crippen LogP contribution in [0.5, 0.6) is 0 Å². The Balaban J connectivity index is 2.11. The van der Waals surface area contributed by atoms with Crippen molar-refractivity contribution in [3.05, 3.63) is 0 Å². The summed E-state index contributed by atoms with van der Waals surface area (Å²) in [5.74, 6) is 0.838. The first-order valence-electron chi connectivity index (χ1n) is 8.04. The van der Waals surface area contributed by atoms with E-state index in [9.17, 15) is 5.11 Å². The van der Waals surface area contributed by atoms with Crippen molar-refractivity contribution in [2.45, 2.75) is 76.4 Å². The molecule has 0 aromatic rings. The highest BCUT2D eigenvalue weighted by atomic mass is 16.5. The summed E-state index contributed by atoms with van der Waals surface area (Å²) in [7, 11) is 1.76. The van der Waals surface area contributed by atoms with Gasteiger partial charge in [-0.1, -0.05) is 13.3 Å². The van der Waals surface area contributed by atoms with Gasteiger partial charge in [0.05, 0.1) is 11.7 Å². The van der Waals surface area contributed by atoms with E-state index in [1.165, 1.54) is 19.3 Å². The molecule has 3 N–H and O–H groups in total. The Morgan fingerprint density at radius 1 is 1.21 bits per heavy atom. The van der Waals surface area contributed by atoms with Crippen molar-refractivity contribution in [1.29, 1.82) is 0 Å². The van der Waals surface area contributed by atoms with Crippen LogP contribution >= 0.6 is 0 Å². The molecule has 19 heavy (non-hydrogen) atoms. The van der Waals surface area contributed by atoms with Gasteiger partial charge in [0.25, 0.3) is 0 Å². The lowest BCUT2D eigenvalue weighted by atomic mass is 9.57. The number of hydrogen-bond donors (Lipinski definition) is 2. The Morgan fingerprint density at radius 2 is 1.89 bits per heavy atom. The van der Waals surface area contributed by atoms with Gasteiger partial charge < -0.3 is 15.6 Å². The molecule has 2 atom stereocenters. The lowest BCUT2D eigenvalue weighted by Crippen LogP contribution is -2.57. The minimum absolute atomic E-state index is 0.0597. The van der Waals surface area contributed by atoms with Crippen molar-refractivity contribution in [3.8, 4) is 0 Å². The second-order valence-electron chi connectivity index (χ2n) is 6.82. The molecule has 2 rings (SSSR count). The van der Waals surface area contributed by atoms with Gasteiger partial charge in [-0.2, -0.15) is 0 Å². The van der Waals surface area contributed by atoms with E-state index in [0.717, 1.165) is 44.4 Å². The van der Waals surface area contributed by atoms with Crippen LogP contribution in [-0.4, -0.2) is 30.5 Å². The fourth-order valence-electron chi connectivity index (χ4n) is 4.38.